The molecule has 78 valence electrons. The predicted molar refractivity (Wildman–Crippen MR) is 64.7 cm³/mol. The van der Waals surface area contributed by atoms with Gasteiger partial charge in [-0.25, -0.2) is 0 Å². The number of carbonyl (C=O) groups excluding carboxylic acids is 1. The zero-order valence-electron chi connectivity index (χ0n) is 7.72. The predicted octanol–water partition coefficient (Wildman–Crippen LogP) is 3.30. The van der Waals surface area contributed by atoms with Gasteiger partial charge >= 0.3 is 0 Å². The Kier molecular flexibility index (Phi) is 4.92. The van der Waals surface area contributed by atoms with E-state index < -0.39 is 0 Å². The van der Waals surface area contributed by atoms with Crippen LogP contribution in [0, 0.1) is 0 Å². The van der Waals surface area contributed by atoms with Crippen LogP contribution < -0.4 is 5.32 Å². The molecule has 0 saturated carbocycles. The smallest absolute Gasteiger partial charge is 0.262 e. The van der Waals surface area contributed by atoms with Gasteiger partial charge in [-0.05, 0) is 17.9 Å². The average molecular weight is 297 g/mol. The van der Waals surface area contributed by atoms with E-state index in [1.54, 1.807) is 6.07 Å². The van der Waals surface area contributed by atoms with E-state index in [-0.39, 0.29) is 5.91 Å². The first-order valence-corrected chi connectivity index (χ1v) is 6.44. The van der Waals surface area contributed by atoms with Gasteiger partial charge in [0.25, 0.3) is 5.91 Å². The normalized spacial score (nSPS) is 12.5. The van der Waals surface area contributed by atoms with Crippen molar-refractivity contribution in [2.75, 3.05) is 6.54 Å². The minimum Gasteiger partial charge on any atom is -0.351 e. The molecule has 0 aliphatic heterocycles. The van der Waals surface area contributed by atoms with Crippen LogP contribution in [0.15, 0.2) is 11.4 Å². The largest absolute Gasteiger partial charge is 0.351 e. The lowest BCUT2D eigenvalue weighted by Crippen LogP contribution is -2.25. The molecule has 0 aliphatic rings. The number of amides is 1. The first-order chi connectivity index (χ1) is 6.61. The molecule has 1 N–H and O–H groups in total. The summed E-state index contributed by atoms with van der Waals surface area (Å²) in [5.41, 5.74) is 0. The Bertz CT molecular complexity index is 314. The summed E-state index contributed by atoms with van der Waals surface area (Å²) in [5.74, 6) is -0.0850. The van der Waals surface area contributed by atoms with Crippen molar-refractivity contribution in [2.45, 2.75) is 18.2 Å². The first kappa shape index (κ1) is 12.0. The molecule has 1 aromatic heterocycles. The van der Waals surface area contributed by atoms with Crippen LogP contribution in [0.3, 0.4) is 0 Å². The average Bonchev–Trinajstić information content (AvgIpc) is 2.50. The van der Waals surface area contributed by atoms with Gasteiger partial charge in [-0.3, -0.25) is 4.79 Å². The van der Waals surface area contributed by atoms with Crippen molar-refractivity contribution in [1.29, 1.82) is 0 Å². The SMILES string of the molecule is CC(Br)CCNC(=O)c1sccc1Cl. The highest BCUT2D eigenvalue weighted by Crippen LogP contribution is 2.21. The molecule has 1 heterocycles. The molecule has 1 atom stereocenters. The molecule has 5 heteroatoms. The highest BCUT2D eigenvalue weighted by Gasteiger charge is 2.10. The van der Waals surface area contributed by atoms with Gasteiger partial charge in [-0.15, -0.1) is 11.3 Å². The highest BCUT2D eigenvalue weighted by molar-refractivity contribution is 9.09. The lowest BCUT2D eigenvalue weighted by Gasteiger charge is -2.04. The van der Waals surface area contributed by atoms with Crippen LogP contribution in [0.1, 0.15) is 23.0 Å². The number of carbonyl (C=O) groups is 1. The van der Waals surface area contributed by atoms with Crippen molar-refractivity contribution in [3.63, 3.8) is 0 Å². The van der Waals surface area contributed by atoms with E-state index in [0.29, 0.717) is 21.3 Å². The molecule has 1 unspecified atom stereocenters. The summed E-state index contributed by atoms with van der Waals surface area (Å²) in [6.07, 6.45) is 0.911. The molecule has 0 bridgehead atoms. The van der Waals surface area contributed by atoms with Crippen LogP contribution in [0.5, 0.6) is 0 Å². The molecule has 0 radical (unpaired) electrons. The van der Waals surface area contributed by atoms with E-state index >= 15 is 0 Å². The molecule has 0 aliphatic carbocycles. The molecule has 0 fully saturated rings. The van der Waals surface area contributed by atoms with Crippen molar-refractivity contribution in [1.82, 2.24) is 5.32 Å². The fraction of sp³-hybridized carbons (Fsp3) is 0.444. The van der Waals surface area contributed by atoms with Crippen molar-refractivity contribution >= 4 is 44.8 Å². The fourth-order valence-corrected chi connectivity index (χ4v) is 2.21. The number of nitrogens with one attached hydrogen (secondary N) is 1. The third-order valence-electron chi connectivity index (χ3n) is 1.65. The van der Waals surface area contributed by atoms with Gasteiger partial charge in [0.2, 0.25) is 0 Å². The summed E-state index contributed by atoms with van der Waals surface area (Å²) in [6.45, 7) is 2.71. The van der Waals surface area contributed by atoms with Gasteiger partial charge in [0, 0.05) is 11.4 Å². The lowest BCUT2D eigenvalue weighted by atomic mass is 10.3. The monoisotopic (exact) mass is 295 g/mol. The summed E-state index contributed by atoms with van der Waals surface area (Å²) in [7, 11) is 0. The Balaban J connectivity index is 2.40. The molecule has 1 amide bonds. The van der Waals surface area contributed by atoms with Gasteiger partial charge in [0.1, 0.15) is 4.88 Å². The molecule has 2 nitrogen and oxygen atoms in total. The van der Waals surface area contributed by atoms with Crippen LogP contribution in [-0.2, 0) is 0 Å². The minimum absolute atomic E-state index is 0.0850. The van der Waals surface area contributed by atoms with Gasteiger partial charge in [0.15, 0.2) is 0 Å². The number of hydrogen-bond donors (Lipinski definition) is 1. The zero-order valence-corrected chi connectivity index (χ0v) is 10.9. The number of hydrogen-bond acceptors (Lipinski definition) is 2. The second-order valence-corrected chi connectivity index (χ2v) is 5.81. The summed E-state index contributed by atoms with van der Waals surface area (Å²) in [6, 6.07) is 1.73. The lowest BCUT2D eigenvalue weighted by molar-refractivity contribution is 0.0957. The third kappa shape index (κ3) is 3.59. The van der Waals surface area contributed by atoms with Gasteiger partial charge in [0.05, 0.1) is 5.02 Å². The highest BCUT2D eigenvalue weighted by atomic mass is 79.9. The van der Waals surface area contributed by atoms with E-state index in [1.807, 2.05) is 12.3 Å². The standard InChI is InChI=1S/C9H11BrClNOS/c1-6(10)2-4-12-9(13)8-7(11)3-5-14-8/h3,5-6H,2,4H2,1H3,(H,12,13). The van der Waals surface area contributed by atoms with Crippen molar-refractivity contribution < 1.29 is 4.79 Å². The van der Waals surface area contributed by atoms with Crippen LogP contribution in [0.4, 0.5) is 0 Å². The van der Waals surface area contributed by atoms with Crippen molar-refractivity contribution in [3.8, 4) is 0 Å². The molecule has 0 spiro atoms. The van der Waals surface area contributed by atoms with E-state index in [2.05, 4.69) is 21.2 Å². The topological polar surface area (TPSA) is 29.1 Å². The quantitative estimate of drug-likeness (QED) is 0.849. The molecule has 0 aromatic carbocycles. The van der Waals surface area contributed by atoms with Gasteiger partial charge < -0.3 is 5.32 Å². The van der Waals surface area contributed by atoms with Crippen LogP contribution in [0.25, 0.3) is 0 Å². The Labute approximate surface area is 101 Å². The fourth-order valence-electron chi connectivity index (χ4n) is 0.921. The number of alkyl halides is 1. The summed E-state index contributed by atoms with van der Waals surface area (Å²) in [4.78, 5) is 12.5. The molecule has 1 rings (SSSR count). The molecular weight excluding hydrogens is 286 g/mol. The Morgan fingerprint density at radius 2 is 2.50 bits per heavy atom. The zero-order chi connectivity index (χ0) is 10.6. The molecular formula is C9H11BrClNOS. The van der Waals surface area contributed by atoms with E-state index in [9.17, 15) is 4.79 Å². The number of halogens is 2. The third-order valence-corrected chi connectivity index (χ3v) is 3.45. The maximum Gasteiger partial charge on any atom is 0.262 e. The Morgan fingerprint density at radius 1 is 1.79 bits per heavy atom. The van der Waals surface area contributed by atoms with Crippen LogP contribution >= 0.6 is 38.9 Å². The minimum atomic E-state index is -0.0850. The number of rotatable bonds is 4. The summed E-state index contributed by atoms with van der Waals surface area (Å²) >= 11 is 10.6. The second-order valence-electron chi connectivity index (χ2n) is 2.92. The Hall–Kier alpha value is -0.0600. The maximum atomic E-state index is 11.5. The van der Waals surface area contributed by atoms with E-state index in [1.165, 1.54) is 11.3 Å². The molecule has 1 aromatic rings. The summed E-state index contributed by atoms with van der Waals surface area (Å²) < 4.78 is 0. The first-order valence-electron chi connectivity index (χ1n) is 4.26. The molecule has 0 saturated heterocycles. The van der Waals surface area contributed by atoms with Gasteiger partial charge in [-0.2, -0.15) is 0 Å². The van der Waals surface area contributed by atoms with Crippen LogP contribution in [-0.4, -0.2) is 17.3 Å². The molecule has 14 heavy (non-hydrogen) atoms. The van der Waals surface area contributed by atoms with Crippen LogP contribution in [0.2, 0.25) is 5.02 Å². The van der Waals surface area contributed by atoms with E-state index in [0.717, 1.165) is 6.42 Å². The Morgan fingerprint density at radius 3 is 3.00 bits per heavy atom. The second kappa shape index (κ2) is 5.73. The maximum absolute atomic E-state index is 11.5. The van der Waals surface area contributed by atoms with Crippen molar-refractivity contribution in [2.24, 2.45) is 0 Å². The van der Waals surface area contributed by atoms with Crippen molar-refractivity contribution in [3.05, 3.63) is 21.3 Å². The van der Waals surface area contributed by atoms with Gasteiger partial charge in [-0.1, -0.05) is 34.5 Å². The van der Waals surface area contributed by atoms with E-state index in [4.69, 9.17) is 11.6 Å². The number of thiophene rings is 1. The summed E-state index contributed by atoms with van der Waals surface area (Å²) in [5, 5.41) is 5.15.